The molecule has 0 amide bonds. The largest absolute Gasteiger partial charge is 0.271 e. The highest BCUT2D eigenvalue weighted by molar-refractivity contribution is 9.10. The molecule has 1 unspecified atom stereocenters. The minimum absolute atomic E-state index is 0.345. The van der Waals surface area contributed by atoms with Crippen LogP contribution >= 0.6 is 15.9 Å². The van der Waals surface area contributed by atoms with Crippen molar-refractivity contribution >= 4 is 15.9 Å². The van der Waals surface area contributed by atoms with Gasteiger partial charge < -0.3 is 0 Å². The fourth-order valence-corrected chi connectivity index (χ4v) is 2.36. The molecule has 0 fully saturated rings. The van der Waals surface area contributed by atoms with E-state index in [-0.39, 0.29) is 11.6 Å². The van der Waals surface area contributed by atoms with Gasteiger partial charge in [-0.15, -0.1) is 0 Å². The van der Waals surface area contributed by atoms with Gasteiger partial charge in [-0.2, -0.15) is 0 Å². The van der Waals surface area contributed by atoms with Crippen LogP contribution in [0, 0.1) is 11.6 Å². The summed E-state index contributed by atoms with van der Waals surface area (Å²) in [6, 6.07) is 9.91. The van der Waals surface area contributed by atoms with Crippen LogP contribution in [0.1, 0.15) is 17.2 Å². The normalized spacial score (nSPS) is 12.4. The zero-order valence-corrected chi connectivity index (χ0v) is 10.9. The van der Waals surface area contributed by atoms with E-state index in [1.807, 2.05) is 0 Å². The molecule has 2 nitrogen and oxygen atoms in total. The molecule has 0 radical (unpaired) electrons. The van der Waals surface area contributed by atoms with Crippen LogP contribution in [0.15, 0.2) is 46.9 Å². The Hall–Kier alpha value is -1.30. The topological polar surface area (TPSA) is 38.0 Å². The van der Waals surface area contributed by atoms with Crippen molar-refractivity contribution in [3.05, 3.63) is 69.7 Å². The van der Waals surface area contributed by atoms with E-state index in [2.05, 4.69) is 21.4 Å². The quantitative estimate of drug-likeness (QED) is 0.674. The third kappa shape index (κ3) is 2.58. The van der Waals surface area contributed by atoms with Gasteiger partial charge >= 0.3 is 0 Å². The van der Waals surface area contributed by atoms with Gasteiger partial charge in [-0.05, 0) is 29.8 Å². The highest BCUT2D eigenvalue weighted by atomic mass is 79.9. The van der Waals surface area contributed by atoms with Gasteiger partial charge in [-0.25, -0.2) is 14.2 Å². The molecule has 0 saturated heterocycles. The molecule has 0 saturated carbocycles. The Bertz CT molecular complexity index is 523. The van der Waals surface area contributed by atoms with Crippen LogP contribution in [0.2, 0.25) is 0 Å². The minimum Gasteiger partial charge on any atom is -0.271 e. The highest BCUT2D eigenvalue weighted by Crippen LogP contribution is 2.30. The molecule has 0 aliphatic heterocycles. The Morgan fingerprint density at radius 1 is 1.06 bits per heavy atom. The van der Waals surface area contributed by atoms with Gasteiger partial charge in [-0.3, -0.25) is 5.84 Å². The van der Waals surface area contributed by atoms with Gasteiger partial charge in [-0.1, -0.05) is 34.1 Å². The summed E-state index contributed by atoms with van der Waals surface area (Å²) < 4.78 is 27.3. The van der Waals surface area contributed by atoms with Crippen molar-refractivity contribution in [2.75, 3.05) is 0 Å². The van der Waals surface area contributed by atoms with Crippen LogP contribution in [-0.4, -0.2) is 0 Å². The zero-order chi connectivity index (χ0) is 13.1. The van der Waals surface area contributed by atoms with Gasteiger partial charge in [0.2, 0.25) is 0 Å². The number of rotatable bonds is 3. The van der Waals surface area contributed by atoms with Crippen molar-refractivity contribution in [3.63, 3.8) is 0 Å². The standard InChI is InChI=1S/C13H11BrF2N2/c14-10-2-1-3-11(16)12(10)13(18-17)8-4-6-9(15)7-5-8/h1-7,13,18H,17H2. The summed E-state index contributed by atoms with van der Waals surface area (Å²) in [5.41, 5.74) is 3.62. The molecular weight excluding hydrogens is 302 g/mol. The van der Waals surface area contributed by atoms with Crippen molar-refractivity contribution in [2.24, 2.45) is 5.84 Å². The SMILES string of the molecule is NNC(c1ccc(F)cc1)c1c(F)cccc1Br. The summed E-state index contributed by atoms with van der Waals surface area (Å²) in [4.78, 5) is 0. The molecule has 5 heteroatoms. The molecule has 2 rings (SSSR count). The van der Waals surface area contributed by atoms with Crippen LogP contribution in [-0.2, 0) is 0 Å². The maximum atomic E-state index is 13.9. The second-order valence-electron chi connectivity index (χ2n) is 3.79. The number of nitrogens with two attached hydrogens (primary N) is 1. The number of hydrogen-bond acceptors (Lipinski definition) is 2. The maximum absolute atomic E-state index is 13.9. The van der Waals surface area contributed by atoms with E-state index < -0.39 is 6.04 Å². The molecular formula is C13H11BrF2N2. The smallest absolute Gasteiger partial charge is 0.129 e. The lowest BCUT2D eigenvalue weighted by Crippen LogP contribution is -2.29. The molecule has 1 atom stereocenters. The van der Waals surface area contributed by atoms with Crippen LogP contribution in [0.5, 0.6) is 0 Å². The van der Waals surface area contributed by atoms with Gasteiger partial charge in [0.1, 0.15) is 11.6 Å². The van der Waals surface area contributed by atoms with Gasteiger partial charge in [0.25, 0.3) is 0 Å². The average molecular weight is 313 g/mol. The fourth-order valence-electron chi connectivity index (χ4n) is 1.79. The van der Waals surface area contributed by atoms with E-state index in [0.717, 1.165) is 0 Å². The lowest BCUT2D eigenvalue weighted by molar-refractivity contribution is 0.556. The highest BCUT2D eigenvalue weighted by Gasteiger charge is 2.19. The van der Waals surface area contributed by atoms with Crippen LogP contribution < -0.4 is 11.3 Å². The van der Waals surface area contributed by atoms with Crippen LogP contribution in [0.25, 0.3) is 0 Å². The maximum Gasteiger partial charge on any atom is 0.129 e. The third-order valence-corrected chi connectivity index (χ3v) is 3.35. The summed E-state index contributed by atoms with van der Waals surface area (Å²) in [7, 11) is 0. The molecule has 18 heavy (non-hydrogen) atoms. The second kappa shape index (κ2) is 5.56. The Balaban J connectivity index is 2.48. The Morgan fingerprint density at radius 2 is 1.72 bits per heavy atom. The predicted molar refractivity (Wildman–Crippen MR) is 69.7 cm³/mol. The summed E-state index contributed by atoms with van der Waals surface area (Å²) in [5.74, 6) is 4.76. The van der Waals surface area contributed by atoms with Gasteiger partial charge in [0.15, 0.2) is 0 Å². The predicted octanol–water partition coefficient (Wildman–Crippen LogP) is 3.28. The Morgan fingerprint density at radius 3 is 2.28 bits per heavy atom. The molecule has 0 aliphatic rings. The Kier molecular flexibility index (Phi) is 4.06. The van der Waals surface area contributed by atoms with E-state index >= 15 is 0 Å². The molecule has 94 valence electrons. The molecule has 3 N–H and O–H groups in total. The van der Waals surface area contributed by atoms with Crippen molar-refractivity contribution in [1.29, 1.82) is 0 Å². The fraction of sp³-hybridized carbons (Fsp3) is 0.0769. The lowest BCUT2D eigenvalue weighted by Gasteiger charge is -2.19. The van der Waals surface area contributed by atoms with E-state index in [4.69, 9.17) is 5.84 Å². The molecule has 0 heterocycles. The van der Waals surface area contributed by atoms with Gasteiger partial charge in [0.05, 0.1) is 6.04 Å². The first-order valence-electron chi connectivity index (χ1n) is 5.29. The van der Waals surface area contributed by atoms with Crippen molar-refractivity contribution in [1.82, 2.24) is 5.43 Å². The van der Waals surface area contributed by atoms with E-state index in [0.29, 0.717) is 15.6 Å². The van der Waals surface area contributed by atoms with Crippen molar-refractivity contribution < 1.29 is 8.78 Å². The summed E-state index contributed by atoms with van der Waals surface area (Å²) in [6.45, 7) is 0. The molecule has 0 aromatic heterocycles. The Labute approximate surface area is 112 Å². The van der Waals surface area contributed by atoms with Crippen LogP contribution in [0.3, 0.4) is 0 Å². The average Bonchev–Trinajstić information content (AvgIpc) is 2.35. The number of benzene rings is 2. The van der Waals surface area contributed by atoms with Crippen LogP contribution in [0.4, 0.5) is 8.78 Å². The molecule has 2 aromatic rings. The first kappa shape index (κ1) is 13.1. The number of hydrazine groups is 1. The first-order valence-corrected chi connectivity index (χ1v) is 6.08. The van der Waals surface area contributed by atoms with E-state index in [9.17, 15) is 8.78 Å². The summed E-state index contributed by atoms with van der Waals surface area (Å²) in [6.07, 6.45) is 0. The molecule has 0 aliphatic carbocycles. The van der Waals surface area contributed by atoms with E-state index in [1.165, 1.54) is 18.2 Å². The number of hydrogen-bond donors (Lipinski definition) is 2. The third-order valence-electron chi connectivity index (χ3n) is 2.66. The van der Waals surface area contributed by atoms with Crippen molar-refractivity contribution in [2.45, 2.75) is 6.04 Å². The minimum atomic E-state index is -0.541. The van der Waals surface area contributed by atoms with Crippen molar-refractivity contribution in [3.8, 4) is 0 Å². The summed E-state index contributed by atoms with van der Waals surface area (Å²) in [5, 5.41) is 0. The molecule has 0 bridgehead atoms. The zero-order valence-electron chi connectivity index (χ0n) is 9.33. The first-order chi connectivity index (χ1) is 8.63. The number of nitrogens with one attached hydrogen (secondary N) is 1. The second-order valence-corrected chi connectivity index (χ2v) is 4.64. The molecule has 0 spiro atoms. The van der Waals surface area contributed by atoms with E-state index in [1.54, 1.807) is 24.3 Å². The number of halogens is 3. The van der Waals surface area contributed by atoms with Gasteiger partial charge in [0, 0.05) is 10.0 Å². The monoisotopic (exact) mass is 312 g/mol. The summed E-state index contributed by atoms with van der Waals surface area (Å²) >= 11 is 3.29. The lowest BCUT2D eigenvalue weighted by atomic mass is 9.99. The molecule has 2 aromatic carbocycles.